The van der Waals surface area contributed by atoms with Crippen molar-refractivity contribution >= 4 is 15.9 Å². The van der Waals surface area contributed by atoms with Crippen molar-refractivity contribution in [2.45, 2.75) is 12.8 Å². The second kappa shape index (κ2) is 5.35. The lowest BCUT2D eigenvalue weighted by Crippen LogP contribution is -2.07. The van der Waals surface area contributed by atoms with Crippen LogP contribution < -0.4 is 0 Å². The van der Waals surface area contributed by atoms with Gasteiger partial charge in [0.05, 0.1) is 12.2 Å². The molecule has 0 aliphatic carbocycles. The van der Waals surface area contributed by atoms with Gasteiger partial charge in [0.25, 0.3) is 0 Å². The summed E-state index contributed by atoms with van der Waals surface area (Å²) in [6.07, 6.45) is -4.42. The van der Waals surface area contributed by atoms with Crippen LogP contribution in [0.4, 0.5) is 13.2 Å². The number of hydrogen-bond donors (Lipinski definition) is 1. The fourth-order valence-corrected chi connectivity index (χ4v) is 2.20. The summed E-state index contributed by atoms with van der Waals surface area (Å²) in [5, 5.41) is 9.05. The topological polar surface area (TPSA) is 20.2 Å². The van der Waals surface area contributed by atoms with Gasteiger partial charge in [-0.25, -0.2) is 0 Å². The highest BCUT2D eigenvalue weighted by atomic mass is 79.9. The van der Waals surface area contributed by atoms with E-state index in [0.29, 0.717) is 15.6 Å². The van der Waals surface area contributed by atoms with Crippen molar-refractivity contribution in [1.82, 2.24) is 0 Å². The molecule has 0 heterocycles. The van der Waals surface area contributed by atoms with Gasteiger partial charge in [0, 0.05) is 4.47 Å². The van der Waals surface area contributed by atoms with E-state index in [1.54, 1.807) is 30.3 Å². The van der Waals surface area contributed by atoms with Gasteiger partial charge in [-0.2, -0.15) is 13.2 Å². The lowest BCUT2D eigenvalue weighted by atomic mass is 9.98. The zero-order valence-electron chi connectivity index (χ0n) is 9.71. The van der Waals surface area contributed by atoms with Crippen LogP contribution in [0, 0.1) is 0 Å². The largest absolute Gasteiger partial charge is 0.417 e. The molecule has 0 spiro atoms. The maximum atomic E-state index is 13.0. The van der Waals surface area contributed by atoms with Crippen LogP contribution in [0.25, 0.3) is 11.1 Å². The lowest BCUT2D eigenvalue weighted by Gasteiger charge is -2.14. The quantitative estimate of drug-likeness (QED) is 0.851. The van der Waals surface area contributed by atoms with E-state index in [1.165, 1.54) is 6.07 Å². The Balaban J connectivity index is 2.61. The first kappa shape index (κ1) is 14.1. The number of halogens is 4. The minimum atomic E-state index is -4.42. The number of aliphatic hydroxyl groups excluding tert-OH is 1. The maximum Gasteiger partial charge on any atom is 0.417 e. The second-order valence-electron chi connectivity index (χ2n) is 4.05. The molecule has 0 saturated heterocycles. The van der Waals surface area contributed by atoms with Crippen LogP contribution >= 0.6 is 15.9 Å². The van der Waals surface area contributed by atoms with E-state index in [9.17, 15) is 13.2 Å². The second-order valence-corrected chi connectivity index (χ2v) is 4.96. The fourth-order valence-electron chi connectivity index (χ4n) is 1.84. The number of hydrogen-bond acceptors (Lipinski definition) is 1. The average Bonchev–Trinajstić information content (AvgIpc) is 2.37. The lowest BCUT2D eigenvalue weighted by molar-refractivity contribution is -0.137. The molecule has 2 aromatic carbocycles. The fraction of sp³-hybridized carbons (Fsp3) is 0.143. The van der Waals surface area contributed by atoms with Crippen molar-refractivity contribution in [3.63, 3.8) is 0 Å². The Hall–Kier alpha value is -1.33. The Kier molecular flexibility index (Phi) is 3.96. The highest BCUT2D eigenvalue weighted by Gasteiger charge is 2.33. The molecule has 0 aromatic heterocycles. The van der Waals surface area contributed by atoms with Gasteiger partial charge in [-0.1, -0.05) is 40.2 Å². The van der Waals surface area contributed by atoms with Crippen LogP contribution in [0.15, 0.2) is 46.9 Å². The molecule has 0 amide bonds. The zero-order valence-corrected chi connectivity index (χ0v) is 11.3. The Morgan fingerprint density at radius 2 is 1.79 bits per heavy atom. The molecule has 5 heteroatoms. The molecule has 0 fully saturated rings. The summed E-state index contributed by atoms with van der Waals surface area (Å²) in [5.74, 6) is 0. The molecule has 0 bridgehead atoms. The van der Waals surface area contributed by atoms with Crippen molar-refractivity contribution in [1.29, 1.82) is 0 Å². The van der Waals surface area contributed by atoms with E-state index < -0.39 is 11.7 Å². The van der Waals surface area contributed by atoms with Gasteiger partial charge in [0.15, 0.2) is 0 Å². The first-order valence-electron chi connectivity index (χ1n) is 5.49. The molecule has 0 aliphatic rings. The number of benzene rings is 2. The molecular formula is C14H10BrF3O. The molecule has 0 unspecified atom stereocenters. The van der Waals surface area contributed by atoms with Crippen LogP contribution in [0.1, 0.15) is 11.1 Å². The standard InChI is InChI=1S/C14H10BrF3O/c15-11-4-5-12(13(7-11)14(16,17)18)10-3-1-2-9(6-10)8-19/h1-7,19H,8H2. The van der Waals surface area contributed by atoms with Crippen LogP contribution in [0.5, 0.6) is 0 Å². The van der Waals surface area contributed by atoms with Crippen LogP contribution in [0.2, 0.25) is 0 Å². The first-order chi connectivity index (χ1) is 8.91. The van der Waals surface area contributed by atoms with E-state index in [0.717, 1.165) is 6.07 Å². The Morgan fingerprint density at radius 1 is 1.05 bits per heavy atom. The number of aliphatic hydroxyl groups is 1. The molecule has 19 heavy (non-hydrogen) atoms. The number of rotatable bonds is 2. The van der Waals surface area contributed by atoms with Crippen molar-refractivity contribution < 1.29 is 18.3 Å². The molecule has 0 radical (unpaired) electrons. The van der Waals surface area contributed by atoms with E-state index >= 15 is 0 Å². The van der Waals surface area contributed by atoms with Gasteiger partial charge in [0.2, 0.25) is 0 Å². The normalized spacial score (nSPS) is 11.6. The SMILES string of the molecule is OCc1cccc(-c2ccc(Br)cc2C(F)(F)F)c1. The van der Waals surface area contributed by atoms with E-state index in [4.69, 9.17) is 5.11 Å². The molecule has 0 aliphatic heterocycles. The third-order valence-electron chi connectivity index (χ3n) is 2.71. The predicted octanol–water partition coefficient (Wildman–Crippen LogP) is 4.63. The third kappa shape index (κ3) is 3.16. The third-order valence-corrected chi connectivity index (χ3v) is 3.20. The molecule has 0 saturated carbocycles. The van der Waals surface area contributed by atoms with Crippen molar-refractivity contribution in [3.05, 3.63) is 58.1 Å². The minimum absolute atomic E-state index is 0.103. The Morgan fingerprint density at radius 3 is 2.42 bits per heavy atom. The van der Waals surface area contributed by atoms with Gasteiger partial charge in [0.1, 0.15) is 0 Å². The van der Waals surface area contributed by atoms with Gasteiger partial charge in [-0.15, -0.1) is 0 Å². The van der Waals surface area contributed by atoms with E-state index in [1.807, 2.05) is 0 Å². The van der Waals surface area contributed by atoms with Crippen molar-refractivity contribution in [2.24, 2.45) is 0 Å². The molecule has 2 rings (SSSR count). The molecule has 100 valence electrons. The minimum Gasteiger partial charge on any atom is -0.392 e. The molecular weight excluding hydrogens is 321 g/mol. The maximum absolute atomic E-state index is 13.0. The predicted molar refractivity (Wildman–Crippen MR) is 70.5 cm³/mol. The molecule has 0 atom stereocenters. The van der Waals surface area contributed by atoms with Gasteiger partial charge in [-0.3, -0.25) is 0 Å². The summed E-state index contributed by atoms with van der Waals surface area (Å²) in [7, 11) is 0. The summed E-state index contributed by atoms with van der Waals surface area (Å²) in [5.41, 5.74) is 0.419. The van der Waals surface area contributed by atoms with E-state index in [-0.39, 0.29) is 12.2 Å². The molecule has 1 nitrogen and oxygen atoms in total. The smallest absolute Gasteiger partial charge is 0.392 e. The van der Waals surface area contributed by atoms with Gasteiger partial charge < -0.3 is 5.11 Å². The Bertz CT molecular complexity index is 593. The summed E-state index contributed by atoms with van der Waals surface area (Å²) >= 11 is 3.05. The van der Waals surface area contributed by atoms with Gasteiger partial charge >= 0.3 is 6.18 Å². The summed E-state index contributed by atoms with van der Waals surface area (Å²) < 4.78 is 39.5. The van der Waals surface area contributed by atoms with E-state index in [2.05, 4.69) is 15.9 Å². The van der Waals surface area contributed by atoms with Crippen molar-refractivity contribution in [2.75, 3.05) is 0 Å². The summed E-state index contributed by atoms with van der Waals surface area (Å²) in [6, 6.07) is 10.5. The summed E-state index contributed by atoms with van der Waals surface area (Å²) in [4.78, 5) is 0. The number of alkyl halides is 3. The van der Waals surface area contributed by atoms with Crippen molar-refractivity contribution in [3.8, 4) is 11.1 Å². The van der Waals surface area contributed by atoms with Crippen LogP contribution in [0.3, 0.4) is 0 Å². The first-order valence-corrected chi connectivity index (χ1v) is 6.28. The van der Waals surface area contributed by atoms with Crippen LogP contribution in [-0.4, -0.2) is 5.11 Å². The molecule has 1 N–H and O–H groups in total. The highest BCUT2D eigenvalue weighted by molar-refractivity contribution is 9.10. The zero-order chi connectivity index (χ0) is 14.0. The van der Waals surface area contributed by atoms with Crippen LogP contribution in [-0.2, 0) is 12.8 Å². The highest BCUT2D eigenvalue weighted by Crippen LogP contribution is 2.38. The van der Waals surface area contributed by atoms with Gasteiger partial charge in [-0.05, 0) is 34.9 Å². The monoisotopic (exact) mass is 330 g/mol. The molecule has 2 aromatic rings. The average molecular weight is 331 g/mol. The Labute approximate surface area is 116 Å². The summed E-state index contributed by atoms with van der Waals surface area (Å²) in [6.45, 7) is -0.203.